The Kier molecular flexibility index (Phi) is 3.69. The zero-order valence-electron chi connectivity index (χ0n) is 10.9. The van der Waals surface area contributed by atoms with E-state index in [1.165, 1.54) is 0 Å². The van der Waals surface area contributed by atoms with Gasteiger partial charge in [0.2, 0.25) is 0 Å². The van der Waals surface area contributed by atoms with Gasteiger partial charge in [-0.3, -0.25) is 4.79 Å². The van der Waals surface area contributed by atoms with Crippen LogP contribution in [0.5, 0.6) is 0 Å². The number of carboxylic acids is 1. The van der Waals surface area contributed by atoms with Gasteiger partial charge in [-0.15, -0.1) is 0 Å². The van der Waals surface area contributed by atoms with E-state index in [1.54, 1.807) is 12.1 Å². The van der Waals surface area contributed by atoms with Crippen LogP contribution in [-0.2, 0) is 16.0 Å². The van der Waals surface area contributed by atoms with E-state index in [9.17, 15) is 9.90 Å². The second-order valence-electron chi connectivity index (χ2n) is 5.73. The molecule has 1 N–H and O–H groups in total. The topological polar surface area (TPSA) is 46.5 Å². The minimum absolute atomic E-state index is 0.199. The van der Waals surface area contributed by atoms with Crippen molar-refractivity contribution in [1.29, 1.82) is 0 Å². The lowest BCUT2D eigenvalue weighted by Crippen LogP contribution is -2.42. The first-order chi connectivity index (χ1) is 9.54. The highest BCUT2D eigenvalue weighted by Gasteiger charge is 2.55. The molecule has 20 heavy (non-hydrogen) atoms. The number of benzene rings is 1. The van der Waals surface area contributed by atoms with Crippen LogP contribution in [0.4, 0.5) is 0 Å². The zero-order chi connectivity index (χ0) is 14.3. The predicted octanol–water partition coefficient (Wildman–Crippen LogP) is 3.81. The van der Waals surface area contributed by atoms with E-state index in [2.05, 4.69) is 0 Å². The van der Waals surface area contributed by atoms with E-state index in [0.29, 0.717) is 35.4 Å². The number of hydrogen-bond donors (Lipinski definition) is 1. The van der Waals surface area contributed by atoms with Gasteiger partial charge in [0, 0.05) is 6.61 Å². The van der Waals surface area contributed by atoms with Crippen molar-refractivity contribution in [1.82, 2.24) is 0 Å². The summed E-state index contributed by atoms with van der Waals surface area (Å²) < 4.78 is 5.74. The summed E-state index contributed by atoms with van der Waals surface area (Å²) in [6.07, 6.45) is 2.83. The molecule has 0 aromatic heterocycles. The molecule has 0 bridgehead atoms. The number of aliphatic carboxylic acids is 1. The summed E-state index contributed by atoms with van der Waals surface area (Å²) in [5, 5.41) is 10.7. The third kappa shape index (κ3) is 2.32. The Hall–Kier alpha value is -0.770. The maximum Gasteiger partial charge on any atom is 0.312 e. The molecular formula is C15H16Cl2O3. The third-order valence-corrected chi connectivity index (χ3v) is 5.26. The van der Waals surface area contributed by atoms with Crippen molar-refractivity contribution in [3.8, 4) is 0 Å². The highest BCUT2D eigenvalue weighted by Crippen LogP contribution is 2.50. The summed E-state index contributed by atoms with van der Waals surface area (Å²) >= 11 is 12.2. The largest absolute Gasteiger partial charge is 0.481 e. The molecule has 1 aliphatic carbocycles. The minimum Gasteiger partial charge on any atom is -0.481 e. The quantitative estimate of drug-likeness (QED) is 0.919. The van der Waals surface area contributed by atoms with Gasteiger partial charge < -0.3 is 9.84 Å². The normalized spacial score (nSPS) is 29.6. The molecule has 108 valence electrons. The van der Waals surface area contributed by atoms with Crippen LogP contribution >= 0.6 is 23.2 Å². The molecule has 1 heterocycles. The van der Waals surface area contributed by atoms with Crippen molar-refractivity contribution in [3.63, 3.8) is 0 Å². The zero-order valence-corrected chi connectivity index (χ0v) is 12.5. The van der Waals surface area contributed by atoms with E-state index in [4.69, 9.17) is 27.9 Å². The van der Waals surface area contributed by atoms with Crippen LogP contribution < -0.4 is 0 Å². The van der Waals surface area contributed by atoms with Crippen LogP contribution in [0.2, 0.25) is 10.0 Å². The maximum atomic E-state index is 11.9. The summed E-state index contributed by atoms with van der Waals surface area (Å²) in [6.45, 7) is 0.506. The highest BCUT2D eigenvalue weighted by atomic mass is 35.5. The smallest absolute Gasteiger partial charge is 0.312 e. The molecular weight excluding hydrogens is 299 g/mol. The molecule has 1 aliphatic heterocycles. The number of carbonyl (C=O) groups is 1. The van der Waals surface area contributed by atoms with Gasteiger partial charge in [-0.1, -0.05) is 35.3 Å². The van der Waals surface area contributed by atoms with Gasteiger partial charge in [-0.2, -0.15) is 0 Å². The molecule has 1 aromatic carbocycles. The number of carboxylic acid groups (broad SMARTS) is 1. The molecule has 2 unspecified atom stereocenters. The van der Waals surface area contributed by atoms with E-state index < -0.39 is 11.4 Å². The van der Waals surface area contributed by atoms with Gasteiger partial charge in [-0.05, 0) is 43.2 Å². The number of rotatable bonds is 4. The second-order valence-corrected chi connectivity index (χ2v) is 6.51. The number of hydrogen-bond acceptors (Lipinski definition) is 2. The fourth-order valence-corrected chi connectivity index (χ4v) is 3.56. The molecule has 3 rings (SSSR count). The van der Waals surface area contributed by atoms with Crippen LogP contribution in [0.1, 0.15) is 24.8 Å². The Balaban J connectivity index is 1.95. The first kappa shape index (κ1) is 14.2. The Bertz CT molecular complexity index is 542. The van der Waals surface area contributed by atoms with Crippen LogP contribution in [0.25, 0.3) is 0 Å². The minimum atomic E-state index is -0.866. The van der Waals surface area contributed by atoms with Gasteiger partial charge in [-0.25, -0.2) is 0 Å². The van der Waals surface area contributed by atoms with Crippen molar-refractivity contribution < 1.29 is 14.6 Å². The molecule has 0 amide bonds. The van der Waals surface area contributed by atoms with Crippen molar-refractivity contribution in [3.05, 3.63) is 33.8 Å². The van der Waals surface area contributed by atoms with Crippen LogP contribution in [0.15, 0.2) is 18.2 Å². The first-order valence-electron chi connectivity index (χ1n) is 6.82. The van der Waals surface area contributed by atoms with Crippen molar-refractivity contribution in [2.24, 2.45) is 11.3 Å². The third-order valence-electron chi connectivity index (χ3n) is 4.40. The molecule has 2 fully saturated rings. The average molecular weight is 315 g/mol. The maximum absolute atomic E-state index is 11.9. The monoisotopic (exact) mass is 314 g/mol. The first-order valence-corrected chi connectivity index (χ1v) is 7.58. The summed E-state index contributed by atoms with van der Waals surface area (Å²) in [6, 6.07) is 5.37. The molecule has 2 atom stereocenters. The Morgan fingerprint density at radius 2 is 2.15 bits per heavy atom. The molecule has 2 aliphatic rings. The SMILES string of the molecule is O=C(O)C1(Cc2cccc(Cl)c2Cl)CCOC1C1CC1. The lowest BCUT2D eigenvalue weighted by Gasteiger charge is -2.30. The average Bonchev–Trinajstić information content (AvgIpc) is 3.16. The van der Waals surface area contributed by atoms with E-state index >= 15 is 0 Å². The second kappa shape index (κ2) is 5.21. The van der Waals surface area contributed by atoms with Crippen molar-refractivity contribution >= 4 is 29.2 Å². The highest BCUT2D eigenvalue weighted by molar-refractivity contribution is 6.42. The standard InChI is InChI=1S/C15H16Cl2O3/c16-11-3-1-2-10(12(11)17)8-15(14(18)19)6-7-20-13(15)9-4-5-9/h1-3,9,13H,4-8H2,(H,18,19). The van der Waals surface area contributed by atoms with Gasteiger partial charge in [0.15, 0.2) is 0 Å². The molecule has 1 aromatic rings. The summed E-state index contributed by atoms with van der Waals surface area (Å²) in [5.41, 5.74) is -0.0760. The summed E-state index contributed by atoms with van der Waals surface area (Å²) in [5.74, 6) is -0.408. The van der Waals surface area contributed by atoms with E-state index in [1.807, 2.05) is 6.07 Å². The molecule has 0 spiro atoms. The lowest BCUT2D eigenvalue weighted by atomic mass is 9.74. The van der Waals surface area contributed by atoms with Crippen molar-refractivity contribution in [2.45, 2.75) is 31.8 Å². The number of ether oxygens (including phenoxy) is 1. The van der Waals surface area contributed by atoms with Crippen LogP contribution in [-0.4, -0.2) is 23.8 Å². The van der Waals surface area contributed by atoms with E-state index in [-0.39, 0.29) is 6.10 Å². The van der Waals surface area contributed by atoms with Crippen molar-refractivity contribution in [2.75, 3.05) is 6.61 Å². The Morgan fingerprint density at radius 1 is 1.40 bits per heavy atom. The molecule has 3 nitrogen and oxygen atoms in total. The van der Waals surface area contributed by atoms with Crippen LogP contribution in [0.3, 0.4) is 0 Å². The van der Waals surface area contributed by atoms with Gasteiger partial charge in [0.1, 0.15) is 5.41 Å². The number of halogens is 2. The molecule has 0 radical (unpaired) electrons. The van der Waals surface area contributed by atoms with Gasteiger partial charge >= 0.3 is 5.97 Å². The molecule has 1 saturated carbocycles. The predicted molar refractivity (Wildman–Crippen MR) is 77.3 cm³/mol. The summed E-state index contributed by atoms with van der Waals surface area (Å²) in [7, 11) is 0. The Morgan fingerprint density at radius 3 is 2.80 bits per heavy atom. The molecule has 1 saturated heterocycles. The fourth-order valence-electron chi connectivity index (χ4n) is 3.17. The van der Waals surface area contributed by atoms with E-state index in [0.717, 1.165) is 18.4 Å². The fraction of sp³-hybridized carbons (Fsp3) is 0.533. The molecule has 5 heteroatoms. The Labute approximate surface area is 127 Å². The van der Waals surface area contributed by atoms with Gasteiger partial charge in [0.25, 0.3) is 0 Å². The van der Waals surface area contributed by atoms with Crippen LogP contribution in [0, 0.1) is 11.3 Å². The lowest BCUT2D eigenvalue weighted by molar-refractivity contribution is -0.153. The summed E-state index contributed by atoms with van der Waals surface area (Å²) in [4.78, 5) is 11.9. The van der Waals surface area contributed by atoms with Gasteiger partial charge in [0.05, 0.1) is 16.1 Å².